The average Bonchev–Trinajstić information content (AvgIpc) is 2.74. The highest BCUT2D eigenvalue weighted by molar-refractivity contribution is 5.75. The van der Waals surface area contributed by atoms with Gasteiger partial charge < -0.3 is 14.2 Å². The van der Waals surface area contributed by atoms with E-state index in [0.717, 1.165) is 6.42 Å². The van der Waals surface area contributed by atoms with Crippen molar-refractivity contribution in [2.45, 2.75) is 60.4 Å². The predicted molar refractivity (Wildman–Crippen MR) is 69.1 cm³/mol. The Morgan fingerprint density at radius 3 is 2.33 bits per heavy atom. The second-order valence-electron chi connectivity index (χ2n) is 6.63. The minimum atomic E-state index is -0.428. The lowest BCUT2D eigenvalue weighted by molar-refractivity contribution is -0.161. The Morgan fingerprint density at radius 2 is 1.89 bits per heavy atom. The van der Waals surface area contributed by atoms with Gasteiger partial charge in [0.25, 0.3) is 0 Å². The molecule has 0 bridgehead atoms. The number of ether oxygens (including phenoxy) is 3. The monoisotopic (exact) mass is 258 g/mol. The first-order chi connectivity index (χ1) is 8.16. The second kappa shape index (κ2) is 5.57. The molecule has 0 aromatic rings. The molecule has 106 valence electrons. The van der Waals surface area contributed by atoms with Crippen LogP contribution in [0.5, 0.6) is 0 Å². The highest BCUT2D eigenvalue weighted by atomic mass is 16.7. The predicted octanol–water partition coefficient (Wildman–Crippen LogP) is 2.75. The van der Waals surface area contributed by atoms with Gasteiger partial charge in [-0.1, -0.05) is 27.7 Å². The highest BCUT2D eigenvalue weighted by Crippen LogP contribution is 2.29. The SMILES string of the molecule is CCC(C)(C)C(=O)OCC1COC(C(C)(C)C)O1. The van der Waals surface area contributed by atoms with Crippen molar-refractivity contribution >= 4 is 5.97 Å². The molecule has 1 aliphatic rings. The Kier molecular flexibility index (Phi) is 4.78. The molecule has 1 fully saturated rings. The van der Waals surface area contributed by atoms with Crippen molar-refractivity contribution in [3.05, 3.63) is 0 Å². The fourth-order valence-corrected chi connectivity index (χ4v) is 1.50. The zero-order chi connectivity index (χ0) is 14.0. The van der Waals surface area contributed by atoms with E-state index < -0.39 is 5.41 Å². The van der Waals surface area contributed by atoms with Crippen molar-refractivity contribution in [3.63, 3.8) is 0 Å². The molecule has 1 saturated heterocycles. The van der Waals surface area contributed by atoms with Crippen molar-refractivity contribution in [3.8, 4) is 0 Å². The Morgan fingerprint density at radius 1 is 1.28 bits per heavy atom. The molecule has 1 aliphatic heterocycles. The Bertz CT molecular complexity index is 291. The van der Waals surface area contributed by atoms with Crippen LogP contribution in [-0.4, -0.2) is 31.6 Å². The van der Waals surface area contributed by atoms with Crippen LogP contribution in [0.3, 0.4) is 0 Å². The summed E-state index contributed by atoms with van der Waals surface area (Å²) in [6.45, 7) is 12.7. The van der Waals surface area contributed by atoms with E-state index >= 15 is 0 Å². The highest BCUT2D eigenvalue weighted by Gasteiger charge is 2.36. The third kappa shape index (κ3) is 3.95. The van der Waals surface area contributed by atoms with Crippen LogP contribution in [0.15, 0.2) is 0 Å². The van der Waals surface area contributed by atoms with Crippen LogP contribution in [0.4, 0.5) is 0 Å². The molecule has 1 heterocycles. The fraction of sp³-hybridized carbons (Fsp3) is 0.929. The molecule has 0 aromatic heterocycles. The molecule has 2 unspecified atom stereocenters. The summed E-state index contributed by atoms with van der Waals surface area (Å²) in [5.74, 6) is -0.173. The molecule has 4 nitrogen and oxygen atoms in total. The van der Waals surface area contributed by atoms with E-state index in [1.807, 2.05) is 20.8 Å². The fourth-order valence-electron chi connectivity index (χ4n) is 1.50. The Labute approximate surface area is 110 Å². The molecule has 0 aromatic carbocycles. The lowest BCUT2D eigenvalue weighted by atomic mass is 9.91. The minimum absolute atomic E-state index is 0.0541. The summed E-state index contributed by atoms with van der Waals surface area (Å²) in [5.41, 5.74) is -0.482. The van der Waals surface area contributed by atoms with Crippen molar-refractivity contribution < 1.29 is 19.0 Å². The summed E-state index contributed by atoms with van der Waals surface area (Å²) in [4.78, 5) is 11.8. The maximum absolute atomic E-state index is 11.8. The van der Waals surface area contributed by atoms with Gasteiger partial charge in [-0.05, 0) is 20.3 Å². The van der Waals surface area contributed by atoms with Crippen molar-refractivity contribution in [1.82, 2.24) is 0 Å². The molecule has 0 radical (unpaired) electrons. The molecular formula is C14H26O4. The number of carbonyl (C=O) groups excluding carboxylic acids is 1. The van der Waals surface area contributed by atoms with Crippen LogP contribution in [-0.2, 0) is 19.0 Å². The van der Waals surface area contributed by atoms with Gasteiger partial charge in [0, 0.05) is 5.41 Å². The van der Waals surface area contributed by atoms with E-state index in [-0.39, 0.29) is 30.4 Å². The number of rotatable bonds is 4. The zero-order valence-electron chi connectivity index (χ0n) is 12.4. The molecule has 2 atom stereocenters. The third-order valence-corrected chi connectivity index (χ3v) is 3.29. The van der Waals surface area contributed by atoms with Crippen molar-refractivity contribution in [2.24, 2.45) is 10.8 Å². The van der Waals surface area contributed by atoms with E-state index in [9.17, 15) is 4.79 Å². The summed E-state index contributed by atoms with van der Waals surface area (Å²) in [6, 6.07) is 0. The summed E-state index contributed by atoms with van der Waals surface area (Å²) in [7, 11) is 0. The Balaban J connectivity index is 2.37. The zero-order valence-corrected chi connectivity index (χ0v) is 12.4. The van der Waals surface area contributed by atoms with Gasteiger partial charge >= 0.3 is 5.97 Å². The standard InChI is InChI=1S/C14H26O4/c1-7-14(5,6)11(15)16-8-10-9-17-12(18-10)13(2,3)4/h10,12H,7-9H2,1-6H3. The number of esters is 1. The van der Waals surface area contributed by atoms with E-state index in [4.69, 9.17) is 14.2 Å². The van der Waals surface area contributed by atoms with Crippen LogP contribution in [0.2, 0.25) is 0 Å². The van der Waals surface area contributed by atoms with Gasteiger partial charge in [-0.3, -0.25) is 4.79 Å². The van der Waals surface area contributed by atoms with Crippen LogP contribution < -0.4 is 0 Å². The van der Waals surface area contributed by atoms with Gasteiger partial charge in [0.2, 0.25) is 0 Å². The summed E-state index contributed by atoms with van der Waals surface area (Å²) in [5, 5.41) is 0. The van der Waals surface area contributed by atoms with E-state index in [2.05, 4.69) is 20.8 Å². The number of carbonyl (C=O) groups is 1. The van der Waals surface area contributed by atoms with Crippen molar-refractivity contribution in [2.75, 3.05) is 13.2 Å². The minimum Gasteiger partial charge on any atom is -0.462 e. The first-order valence-electron chi connectivity index (χ1n) is 6.61. The maximum atomic E-state index is 11.8. The molecule has 0 aliphatic carbocycles. The molecule has 1 rings (SSSR count). The van der Waals surface area contributed by atoms with Gasteiger partial charge in [0.05, 0.1) is 12.0 Å². The van der Waals surface area contributed by atoms with E-state index in [0.29, 0.717) is 6.61 Å². The van der Waals surface area contributed by atoms with Crippen molar-refractivity contribution in [1.29, 1.82) is 0 Å². The lowest BCUT2D eigenvalue weighted by Crippen LogP contribution is -2.31. The largest absolute Gasteiger partial charge is 0.462 e. The summed E-state index contributed by atoms with van der Waals surface area (Å²) in [6.07, 6.45) is 0.393. The van der Waals surface area contributed by atoms with Crippen LogP contribution in [0.1, 0.15) is 48.0 Å². The summed E-state index contributed by atoms with van der Waals surface area (Å²) >= 11 is 0. The van der Waals surface area contributed by atoms with Crippen LogP contribution >= 0.6 is 0 Å². The van der Waals surface area contributed by atoms with Crippen LogP contribution in [0.25, 0.3) is 0 Å². The quantitative estimate of drug-likeness (QED) is 0.727. The molecule has 0 N–H and O–H groups in total. The first kappa shape index (κ1) is 15.4. The number of hydrogen-bond acceptors (Lipinski definition) is 4. The smallest absolute Gasteiger partial charge is 0.311 e. The molecular weight excluding hydrogens is 232 g/mol. The first-order valence-corrected chi connectivity index (χ1v) is 6.61. The molecule has 0 amide bonds. The van der Waals surface area contributed by atoms with Gasteiger partial charge in [-0.2, -0.15) is 0 Å². The van der Waals surface area contributed by atoms with Gasteiger partial charge in [0.15, 0.2) is 6.29 Å². The van der Waals surface area contributed by atoms with Gasteiger partial charge in [0.1, 0.15) is 12.7 Å². The van der Waals surface area contributed by atoms with E-state index in [1.54, 1.807) is 0 Å². The molecule has 18 heavy (non-hydrogen) atoms. The molecule has 0 spiro atoms. The normalized spacial score (nSPS) is 25.2. The maximum Gasteiger partial charge on any atom is 0.311 e. The second-order valence-corrected chi connectivity index (χ2v) is 6.63. The lowest BCUT2D eigenvalue weighted by Gasteiger charge is -2.25. The Hall–Kier alpha value is -0.610. The van der Waals surface area contributed by atoms with Gasteiger partial charge in [-0.25, -0.2) is 0 Å². The average molecular weight is 258 g/mol. The summed E-state index contributed by atoms with van der Waals surface area (Å²) < 4.78 is 16.6. The molecule has 4 heteroatoms. The topological polar surface area (TPSA) is 44.8 Å². The number of hydrogen-bond donors (Lipinski definition) is 0. The molecule has 0 saturated carbocycles. The van der Waals surface area contributed by atoms with E-state index in [1.165, 1.54) is 0 Å². The van der Waals surface area contributed by atoms with Gasteiger partial charge in [-0.15, -0.1) is 0 Å². The van der Waals surface area contributed by atoms with Crippen LogP contribution in [0, 0.1) is 10.8 Å². The third-order valence-electron chi connectivity index (χ3n) is 3.29.